The van der Waals surface area contributed by atoms with Gasteiger partial charge in [0.25, 0.3) is 0 Å². The summed E-state index contributed by atoms with van der Waals surface area (Å²) in [6.45, 7) is 4.16. The summed E-state index contributed by atoms with van der Waals surface area (Å²) in [7, 11) is 0. The second-order valence-corrected chi connectivity index (χ2v) is 4.06. The zero-order valence-corrected chi connectivity index (χ0v) is 8.81. The fourth-order valence-corrected chi connectivity index (χ4v) is 2.12. The molecule has 1 aliphatic carbocycles. The van der Waals surface area contributed by atoms with Gasteiger partial charge in [-0.15, -0.1) is 0 Å². The van der Waals surface area contributed by atoms with Crippen molar-refractivity contribution in [1.82, 2.24) is 5.32 Å². The lowest BCUT2D eigenvalue weighted by Gasteiger charge is -2.28. The molecule has 0 aromatic rings. The molecule has 0 aromatic carbocycles. The van der Waals surface area contributed by atoms with Crippen LogP contribution in [0.1, 0.15) is 52.4 Å². The Balaban J connectivity index is 2.29. The van der Waals surface area contributed by atoms with Crippen LogP contribution in [0.4, 0.5) is 0 Å². The minimum absolute atomic E-state index is 0.210. The molecule has 2 heteroatoms. The Hall–Kier alpha value is -0.530. The van der Waals surface area contributed by atoms with E-state index in [1.165, 1.54) is 32.1 Å². The molecule has 1 N–H and O–H groups in total. The third-order valence-corrected chi connectivity index (χ3v) is 3.05. The fraction of sp³-hybridized carbons (Fsp3) is 0.909. The second-order valence-electron chi connectivity index (χ2n) is 4.06. The number of hydrogen-bond donors (Lipinski definition) is 1. The Labute approximate surface area is 81.1 Å². The van der Waals surface area contributed by atoms with E-state index in [0.717, 1.165) is 5.92 Å². The van der Waals surface area contributed by atoms with E-state index in [2.05, 4.69) is 12.2 Å². The summed E-state index contributed by atoms with van der Waals surface area (Å²) >= 11 is 0. The predicted octanol–water partition coefficient (Wildman–Crippen LogP) is 2.48. The predicted molar refractivity (Wildman–Crippen MR) is 54.5 cm³/mol. The van der Waals surface area contributed by atoms with E-state index in [4.69, 9.17) is 0 Å². The van der Waals surface area contributed by atoms with Crippen molar-refractivity contribution >= 4 is 5.91 Å². The van der Waals surface area contributed by atoms with Gasteiger partial charge in [-0.05, 0) is 18.8 Å². The molecule has 0 aliphatic heterocycles. The molecule has 1 amide bonds. The first-order valence-corrected chi connectivity index (χ1v) is 5.55. The average molecular weight is 183 g/mol. The molecule has 0 aromatic heterocycles. The first kappa shape index (κ1) is 10.6. The second kappa shape index (κ2) is 5.25. The number of hydrogen-bond acceptors (Lipinski definition) is 1. The van der Waals surface area contributed by atoms with Crippen LogP contribution in [0.3, 0.4) is 0 Å². The van der Waals surface area contributed by atoms with E-state index >= 15 is 0 Å². The Morgan fingerprint density at radius 2 is 2.15 bits per heavy atom. The van der Waals surface area contributed by atoms with Gasteiger partial charge in [-0.2, -0.15) is 0 Å². The summed E-state index contributed by atoms with van der Waals surface area (Å²) in [5.41, 5.74) is 0. The van der Waals surface area contributed by atoms with Crippen LogP contribution in [0.2, 0.25) is 0 Å². The van der Waals surface area contributed by atoms with E-state index in [1.807, 2.05) is 6.92 Å². The van der Waals surface area contributed by atoms with Crippen LogP contribution >= 0.6 is 0 Å². The van der Waals surface area contributed by atoms with Crippen LogP contribution in [0.25, 0.3) is 0 Å². The molecule has 2 nitrogen and oxygen atoms in total. The number of amides is 1. The summed E-state index contributed by atoms with van der Waals surface area (Å²) in [4.78, 5) is 11.2. The van der Waals surface area contributed by atoms with Gasteiger partial charge >= 0.3 is 0 Å². The van der Waals surface area contributed by atoms with Gasteiger partial charge in [0.05, 0.1) is 0 Å². The third kappa shape index (κ3) is 3.37. The third-order valence-electron chi connectivity index (χ3n) is 3.05. The lowest BCUT2D eigenvalue weighted by molar-refractivity contribution is -0.121. The number of carbonyl (C=O) groups excluding carboxylic acids is 1. The maximum atomic E-state index is 11.2. The number of rotatable bonds is 3. The Morgan fingerprint density at radius 1 is 1.38 bits per heavy atom. The van der Waals surface area contributed by atoms with Gasteiger partial charge in [-0.1, -0.05) is 33.1 Å². The maximum Gasteiger partial charge on any atom is 0.219 e. The number of nitrogens with one attached hydrogen (secondary N) is 1. The van der Waals surface area contributed by atoms with E-state index in [0.29, 0.717) is 12.5 Å². The molecule has 0 spiro atoms. The Morgan fingerprint density at radius 3 is 2.77 bits per heavy atom. The van der Waals surface area contributed by atoms with Crippen LogP contribution in [0.15, 0.2) is 0 Å². The van der Waals surface area contributed by atoms with Gasteiger partial charge < -0.3 is 5.32 Å². The summed E-state index contributed by atoms with van der Waals surface area (Å²) in [5, 5.41) is 3.09. The van der Waals surface area contributed by atoms with Crippen molar-refractivity contribution in [2.75, 3.05) is 0 Å². The Bertz CT molecular complexity index is 167. The van der Waals surface area contributed by atoms with Crippen molar-refractivity contribution in [2.24, 2.45) is 5.92 Å². The molecule has 1 saturated carbocycles. The first-order chi connectivity index (χ1) is 6.26. The van der Waals surface area contributed by atoms with Crippen molar-refractivity contribution in [3.05, 3.63) is 0 Å². The quantitative estimate of drug-likeness (QED) is 0.715. The van der Waals surface area contributed by atoms with Gasteiger partial charge in [-0.3, -0.25) is 4.79 Å². The van der Waals surface area contributed by atoms with Crippen LogP contribution in [0.5, 0.6) is 0 Å². The molecule has 1 rings (SSSR count). The van der Waals surface area contributed by atoms with Crippen molar-refractivity contribution < 1.29 is 4.79 Å². The highest BCUT2D eigenvalue weighted by atomic mass is 16.1. The van der Waals surface area contributed by atoms with E-state index in [-0.39, 0.29) is 5.91 Å². The summed E-state index contributed by atoms with van der Waals surface area (Å²) in [5.74, 6) is 1.05. The van der Waals surface area contributed by atoms with Crippen LogP contribution in [0, 0.1) is 5.92 Å². The maximum absolute atomic E-state index is 11.2. The molecular weight excluding hydrogens is 162 g/mol. The first-order valence-electron chi connectivity index (χ1n) is 5.55. The van der Waals surface area contributed by atoms with Crippen molar-refractivity contribution in [3.8, 4) is 0 Å². The van der Waals surface area contributed by atoms with E-state index < -0.39 is 0 Å². The van der Waals surface area contributed by atoms with Gasteiger partial charge in [0.15, 0.2) is 0 Å². The molecular formula is C11H21NO. The topological polar surface area (TPSA) is 29.1 Å². The minimum Gasteiger partial charge on any atom is -0.353 e. The largest absolute Gasteiger partial charge is 0.353 e. The molecule has 0 radical (unpaired) electrons. The normalized spacial score (nSPS) is 28.5. The summed E-state index contributed by atoms with van der Waals surface area (Å²) in [6, 6.07) is 0.464. The van der Waals surface area contributed by atoms with Crippen molar-refractivity contribution in [3.63, 3.8) is 0 Å². The smallest absolute Gasteiger partial charge is 0.219 e. The monoisotopic (exact) mass is 183 g/mol. The fourth-order valence-electron chi connectivity index (χ4n) is 2.12. The molecule has 1 aliphatic rings. The zero-order chi connectivity index (χ0) is 9.68. The van der Waals surface area contributed by atoms with Gasteiger partial charge in [0, 0.05) is 12.5 Å². The van der Waals surface area contributed by atoms with Crippen molar-refractivity contribution in [1.29, 1.82) is 0 Å². The molecule has 2 atom stereocenters. The van der Waals surface area contributed by atoms with E-state index in [9.17, 15) is 4.79 Å². The van der Waals surface area contributed by atoms with Crippen LogP contribution in [-0.4, -0.2) is 11.9 Å². The van der Waals surface area contributed by atoms with Crippen LogP contribution < -0.4 is 5.32 Å². The highest BCUT2D eigenvalue weighted by molar-refractivity contribution is 5.75. The van der Waals surface area contributed by atoms with Gasteiger partial charge in [-0.25, -0.2) is 0 Å². The molecule has 0 bridgehead atoms. The van der Waals surface area contributed by atoms with Crippen LogP contribution in [-0.2, 0) is 4.79 Å². The SMILES string of the molecule is CCC(=O)NC1CCCC(CC)C1. The molecule has 1 fully saturated rings. The summed E-state index contributed by atoms with van der Waals surface area (Å²) < 4.78 is 0. The summed E-state index contributed by atoms with van der Waals surface area (Å²) in [6.07, 6.45) is 6.90. The highest BCUT2D eigenvalue weighted by Gasteiger charge is 2.21. The van der Waals surface area contributed by atoms with E-state index in [1.54, 1.807) is 0 Å². The minimum atomic E-state index is 0.210. The standard InChI is InChI=1S/C11H21NO/c1-3-9-6-5-7-10(8-9)12-11(13)4-2/h9-10H,3-8H2,1-2H3,(H,12,13). The highest BCUT2D eigenvalue weighted by Crippen LogP contribution is 2.26. The zero-order valence-electron chi connectivity index (χ0n) is 8.81. The molecule has 2 unspecified atom stereocenters. The Kier molecular flexibility index (Phi) is 4.26. The molecule has 13 heavy (non-hydrogen) atoms. The van der Waals surface area contributed by atoms with Gasteiger partial charge in [0.2, 0.25) is 5.91 Å². The number of carbonyl (C=O) groups is 1. The lowest BCUT2D eigenvalue weighted by atomic mass is 9.84. The molecule has 0 heterocycles. The average Bonchev–Trinajstić information content (AvgIpc) is 2.18. The van der Waals surface area contributed by atoms with Crippen molar-refractivity contribution in [2.45, 2.75) is 58.4 Å². The molecule has 0 saturated heterocycles. The molecule has 76 valence electrons. The lowest BCUT2D eigenvalue weighted by Crippen LogP contribution is -2.37. The van der Waals surface area contributed by atoms with Gasteiger partial charge in [0.1, 0.15) is 0 Å².